The van der Waals surface area contributed by atoms with Crippen molar-refractivity contribution < 1.29 is 5.11 Å². The molecule has 1 atom stereocenters. The van der Waals surface area contributed by atoms with Crippen LogP contribution in [-0.2, 0) is 0 Å². The van der Waals surface area contributed by atoms with Crippen LogP contribution in [0.4, 0.5) is 0 Å². The van der Waals surface area contributed by atoms with Gasteiger partial charge in [-0.2, -0.15) is 0 Å². The van der Waals surface area contributed by atoms with Crippen molar-refractivity contribution in [3.8, 4) is 5.75 Å². The SMILES string of the molecule is CC[C@H](C1=CCCC=C1)c1cc(C)ccc1O. The third kappa shape index (κ3) is 2.60. The van der Waals surface area contributed by atoms with E-state index in [0.29, 0.717) is 11.7 Å². The maximum absolute atomic E-state index is 10.0. The molecule has 0 bridgehead atoms. The molecule has 2 rings (SSSR count). The van der Waals surface area contributed by atoms with E-state index in [9.17, 15) is 5.11 Å². The van der Waals surface area contributed by atoms with Gasteiger partial charge in [0, 0.05) is 11.5 Å². The van der Waals surface area contributed by atoms with Crippen molar-refractivity contribution >= 4 is 0 Å². The number of phenols is 1. The normalized spacial score (nSPS) is 16.7. The molecule has 1 aromatic rings. The van der Waals surface area contributed by atoms with E-state index in [1.807, 2.05) is 6.07 Å². The zero-order chi connectivity index (χ0) is 12.3. The minimum atomic E-state index is 0.325. The summed E-state index contributed by atoms with van der Waals surface area (Å²) in [6.45, 7) is 4.25. The Hall–Kier alpha value is -1.50. The molecule has 0 saturated heterocycles. The molecule has 90 valence electrons. The number of hydrogen-bond acceptors (Lipinski definition) is 1. The number of benzene rings is 1. The predicted molar refractivity (Wildman–Crippen MR) is 72.3 cm³/mol. The second kappa shape index (κ2) is 5.22. The molecule has 0 fully saturated rings. The van der Waals surface area contributed by atoms with Crippen LogP contribution in [0.3, 0.4) is 0 Å². The van der Waals surface area contributed by atoms with Crippen molar-refractivity contribution in [3.05, 3.63) is 53.1 Å². The fraction of sp³-hybridized carbons (Fsp3) is 0.375. The highest BCUT2D eigenvalue weighted by Crippen LogP contribution is 2.36. The van der Waals surface area contributed by atoms with Gasteiger partial charge < -0.3 is 5.11 Å². The average Bonchev–Trinajstić information content (AvgIpc) is 2.36. The van der Waals surface area contributed by atoms with Crippen LogP contribution < -0.4 is 0 Å². The van der Waals surface area contributed by atoms with E-state index in [0.717, 1.165) is 24.8 Å². The molecule has 1 aromatic carbocycles. The molecule has 0 aliphatic heterocycles. The predicted octanol–water partition coefficient (Wildman–Crippen LogP) is 4.47. The number of rotatable bonds is 3. The van der Waals surface area contributed by atoms with Crippen LogP contribution in [0.2, 0.25) is 0 Å². The molecule has 0 amide bonds. The molecule has 0 spiro atoms. The minimum absolute atomic E-state index is 0.325. The molecule has 1 N–H and O–H groups in total. The summed E-state index contributed by atoms with van der Waals surface area (Å²) in [7, 11) is 0. The van der Waals surface area contributed by atoms with E-state index in [2.05, 4.69) is 38.1 Å². The van der Waals surface area contributed by atoms with E-state index < -0.39 is 0 Å². The standard InChI is InChI=1S/C16H20O/c1-3-14(13-7-5-4-6-8-13)15-11-12(2)9-10-16(15)17/h5,7-11,14,17H,3-4,6H2,1-2H3/t14-/m1/s1. The van der Waals surface area contributed by atoms with Crippen molar-refractivity contribution in [1.29, 1.82) is 0 Å². The molecular weight excluding hydrogens is 208 g/mol. The Labute approximate surface area is 103 Å². The molecule has 1 aliphatic rings. The zero-order valence-electron chi connectivity index (χ0n) is 10.6. The Balaban J connectivity index is 2.38. The van der Waals surface area contributed by atoms with Crippen molar-refractivity contribution in [1.82, 2.24) is 0 Å². The maximum Gasteiger partial charge on any atom is 0.119 e. The van der Waals surface area contributed by atoms with Crippen LogP contribution in [0.1, 0.15) is 43.2 Å². The summed E-state index contributed by atoms with van der Waals surface area (Å²) in [6.07, 6.45) is 10.0. The summed E-state index contributed by atoms with van der Waals surface area (Å²) in [5.41, 5.74) is 3.61. The monoisotopic (exact) mass is 228 g/mol. The molecule has 0 saturated carbocycles. The van der Waals surface area contributed by atoms with Gasteiger partial charge in [0.05, 0.1) is 0 Å². The Morgan fingerprint density at radius 2 is 2.12 bits per heavy atom. The second-order valence-corrected chi connectivity index (χ2v) is 4.71. The minimum Gasteiger partial charge on any atom is -0.508 e. The lowest BCUT2D eigenvalue weighted by Crippen LogP contribution is -2.02. The summed E-state index contributed by atoms with van der Waals surface area (Å²) in [4.78, 5) is 0. The van der Waals surface area contributed by atoms with Crippen molar-refractivity contribution in [2.75, 3.05) is 0 Å². The lowest BCUT2D eigenvalue weighted by molar-refractivity contribution is 0.463. The summed E-state index contributed by atoms with van der Waals surface area (Å²) >= 11 is 0. The average molecular weight is 228 g/mol. The van der Waals surface area contributed by atoms with Crippen LogP contribution in [0, 0.1) is 6.92 Å². The first-order valence-electron chi connectivity index (χ1n) is 6.38. The van der Waals surface area contributed by atoms with Crippen LogP contribution in [0.5, 0.6) is 5.75 Å². The first-order valence-corrected chi connectivity index (χ1v) is 6.38. The van der Waals surface area contributed by atoms with Gasteiger partial charge in [-0.3, -0.25) is 0 Å². The topological polar surface area (TPSA) is 20.2 Å². The smallest absolute Gasteiger partial charge is 0.119 e. The third-order valence-corrected chi connectivity index (χ3v) is 3.39. The molecule has 1 aliphatic carbocycles. The van der Waals surface area contributed by atoms with Gasteiger partial charge in [0.15, 0.2) is 0 Å². The molecule has 1 nitrogen and oxygen atoms in total. The van der Waals surface area contributed by atoms with Crippen molar-refractivity contribution in [2.45, 2.75) is 39.0 Å². The zero-order valence-corrected chi connectivity index (χ0v) is 10.6. The Bertz CT molecular complexity index is 455. The highest BCUT2D eigenvalue weighted by atomic mass is 16.3. The first-order chi connectivity index (χ1) is 8.22. The summed E-state index contributed by atoms with van der Waals surface area (Å²) in [6, 6.07) is 5.86. The van der Waals surface area contributed by atoms with Gasteiger partial charge >= 0.3 is 0 Å². The number of hydrogen-bond donors (Lipinski definition) is 1. The van der Waals surface area contributed by atoms with Crippen LogP contribution in [-0.4, -0.2) is 5.11 Å². The van der Waals surface area contributed by atoms with E-state index in [1.165, 1.54) is 11.1 Å². The van der Waals surface area contributed by atoms with Gasteiger partial charge in [-0.1, -0.05) is 42.8 Å². The van der Waals surface area contributed by atoms with Gasteiger partial charge in [-0.15, -0.1) is 0 Å². The second-order valence-electron chi connectivity index (χ2n) is 4.71. The molecular formula is C16H20O. The molecule has 0 aromatic heterocycles. The number of aryl methyl sites for hydroxylation is 1. The lowest BCUT2D eigenvalue weighted by atomic mass is 9.85. The Morgan fingerprint density at radius 3 is 2.76 bits per heavy atom. The molecule has 1 heteroatoms. The number of allylic oxidation sites excluding steroid dienone is 4. The number of aromatic hydroxyl groups is 1. The molecule has 0 radical (unpaired) electrons. The van der Waals surface area contributed by atoms with Gasteiger partial charge in [0.25, 0.3) is 0 Å². The maximum atomic E-state index is 10.0. The van der Waals surface area contributed by atoms with Crippen molar-refractivity contribution in [2.24, 2.45) is 0 Å². The highest BCUT2D eigenvalue weighted by molar-refractivity contribution is 5.45. The van der Waals surface area contributed by atoms with Gasteiger partial charge in [-0.05, 0) is 37.8 Å². The fourth-order valence-electron chi connectivity index (χ4n) is 2.48. The van der Waals surface area contributed by atoms with E-state index >= 15 is 0 Å². The van der Waals surface area contributed by atoms with Crippen LogP contribution >= 0.6 is 0 Å². The van der Waals surface area contributed by atoms with Crippen LogP contribution in [0.25, 0.3) is 0 Å². The largest absolute Gasteiger partial charge is 0.508 e. The third-order valence-electron chi connectivity index (χ3n) is 3.39. The van der Waals surface area contributed by atoms with E-state index in [-0.39, 0.29) is 0 Å². The summed E-state index contributed by atoms with van der Waals surface area (Å²) in [5, 5.41) is 10.0. The van der Waals surface area contributed by atoms with Gasteiger partial charge in [0.1, 0.15) is 5.75 Å². The summed E-state index contributed by atoms with van der Waals surface area (Å²) < 4.78 is 0. The summed E-state index contributed by atoms with van der Waals surface area (Å²) in [5.74, 6) is 0.744. The lowest BCUT2D eigenvalue weighted by Gasteiger charge is -2.20. The van der Waals surface area contributed by atoms with Crippen molar-refractivity contribution in [3.63, 3.8) is 0 Å². The van der Waals surface area contributed by atoms with E-state index in [1.54, 1.807) is 6.07 Å². The Kier molecular flexibility index (Phi) is 3.68. The van der Waals surface area contributed by atoms with Gasteiger partial charge in [0.2, 0.25) is 0 Å². The fourth-order valence-corrected chi connectivity index (χ4v) is 2.48. The molecule has 0 unspecified atom stereocenters. The van der Waals surface area contributed by atoms with Gasteiger partial charge in [-0.25, -0.2) is 0 Å². The quantitative estimate of drug-likeness (QED) is 0.809. The van der Waals surface area contributed by atoms with Crippen LogP contribution in [0.15, 0.2) is 42.0 Å². The first kappa shape index (κ1) is 12.0. The molecule has 17 heavy (non-hydrogen) atoms. The molecule has 0 heterocycles. The highest BCUT2D eigenvalue weighted by Gasteiger charge is 2.17. The number of phenolic OH excluding ortho intramolecular Hbond substituents is 1. The Morgan fingerprint density at radius 1 is 1.29 bits per heavy atom. The van der Waals surface area contributed by atoms with E-state index in [4.69, 9.17) is 0 Å².